The molecule has 3 rings (SSSR count). The van der Waals surface area contributed by atoms with Gasteiger partial charge in [-0.2, -0.15) is 0 Å². The summed E-state index contributed by atoms with van der Waals surface area (Å²) < 4.78 is 5.00. The molecule has 0 saturated carbocycles. The molecule has 132 valence electrons. The van der Waals surface area contributed by atoms with Crippen LogP contribution in [0.1, 0.15) is 32.1 Å². The first-order chi connectivity index (χ1) is 12.4. The number of aromatic carboxylic acids is 1. The number of hydrogen-bond donors (Lipinski definition) is 2. The van der Waals surface area contributed by atoms with Gasteiger partial charge in [0.15, 0.2) is 11.5 Å². The number of carbonyl (C=O) groups excluding carboxylic acids is 1. The summed E-state index contributed by atoms with van der Waals surface area (Å²) in [6, 6.07) is 11.1. The molecule has 7 heteroatoms. The predicted octanol–water partition coefficient (Wildman–Crippen LogP) is 3.21. The monoisotopic (exact) mass is 351 g/mol. The maximum absolute atomic E-state index is 12.8. The fourth-order valence-electron chi connectivity index (χ4n) is 2.76. The Kier molecular flexibility index (Phi) is 4.53. The third kappa shape index (κ3) is 3.06. The van der Waals surface area contributed by atoms with E-state index in [2.05, 4.69) is 15.3 Å². The molecule has 0 radical (unpaired) electrons. The smallest absolute Gasteiger partial charge is 0.358 e. The number of carbonyl (C=O) groups is 2. The number of aryl methyl sites for hydroxylation is 2. The molecule has 1 amide bonds. The molecule has 0 aliphatic carbocycles. The lowest BCUT2D eigenvalue weighted by molar-refractivity contribution is 0.0690. The second-order valence-corrected chi connectivity index (χ2v) is 5.75. The van der Waals surface area contributed by atoms with Crippen LogP contribution in [0.5, 0.6) is 5.88 Å². The van der Waals surface area contributed by atoms with E-state index in [4.69, 9.17) is 4.74 Å². The lowest BCUT2D eigenvalue weighted by atomic mass is 10.00. The van der Waals surface area contributed by atoms with Gasteiger partial charge in [0.2, 0.25) is 5.88 Å². The zero-order chi connectivity index (χ0) is 18.8. The number of rotatable bonds is 4. The number of carboxylic acid groups (broad SMARTS) is 1. The minimum absolute atomic E-state index is 0.0983. The van der Waals surface area contributed by atoms with E-state index in [9.17, 15) is 14.7 Å². The van der Waals surface area contributed by atoms with Crippen LogP contribution >= 0.6 is 0 Å². The number of methoxy groups -OCH3 is 1. The van der Waals surface area contributed by atoms with Crippen LogP contribution in [0.15, 0.2) is 36.4 Å². The summed E-state index contributed by atoms with van der Waals surface area (Å²) >= 11 is 0. The van der Waals surface area contributed by atoms with E-state index in [1.807, 2.05) is 37.3 Å². The van der Waals surface area contributed by atoms with Crippen molar-refractivity contribution in [3.05, 3.63) is 58.9 Å². The summed E-state index contributed by atoms with van der Waals surface area (Å²) in [5, 5.41) is 13.7. The highest BCUT2D eigenvalue weighted by molar-refractivity contribution is 6.14. The first-order valence-corrected chi connectivity index (χ1v) is 7.88. The Morgan fingerprint density at radius 1 is 1.04 bits per heavy atom. The summed E-state index contributed by atoms with van der Waals surface area (Å²) in [5.41, 5.74) is 1.47. The Balaban J connectivity index is 2.05. The number of nitrogens with zero attached hydrogens (tertiary/aromatic N) is 2. The Hall–Kier alpha value is -3.48. The Bertz CT molecular complexity index is 1030. The fraction of sp³-hybridized carbons (Fsp3) is 0.158. The van der Waals surface area contributed by atoms with Gasteiger partial charge in [0.25, 0.3) is 5.91 Å². The fourth-order valence-corrected chi connectivity index (χ4v) is 2.76. The van der Waals surface area contributed by atoms with Gasteiger partial charge >= 0.3 is 5.97 Å². The molecule has 0 saturated heterocycles. The third-order valence-electron chi connectivity index (χ3n) is 4.04. The summed E-state index contributed by atoms with van der Waals surface area (Å²) in [5.74, 6) is -1.78. The van der Waals surface area contributed by atoms with Crippen molar-refractivity contribution in [2.24, 2.45) is 0 Å². The molecule has 0 spiro atoms. The van der Waals surface area contributed by atoms with E-state index in [0.29, 0.717) is 11.3 Å². The molecule has 26 heavy (non-hydrogen) atoms. The number of ether oxygens (including phenoxy) is 1. The van der Waals surface area contributed by atoms with Gasteiger partial charge in [0.05, 0.1) is 7.11 Å². The number of hydrogen-bond acceptors (Lipinski definition) is 5. The summed E-state index contributed by atoms with van der Waals surface area (Å²) in [6.07, 6.45) is 0. The predicted molar refractivity (Wildman–Crippen MR) is 96.9 cm³/mol. The molecule has 1 aromatic heterocycles. The van der Waals surface area contributed by atoms with Gasteiger partial charge < -0.3 is 15.2 Å². The highest BCUT2D eigenvalue weighted by atomic mass is 16.5. The number of amides is 1. The minimum Gasteiger partial charge on any atom is -0.480 e. The summed E-state index contributed by atoms with van der Waals surface area (Å²) in [4.78, 5) is 32.3. The molecule has 0 atom stereocenters. The molecule has 7 nitrogen and oxygen atoms in total. The molecular formula is C19H17N3O4. The maximum atomic E-state index is 12.8. The molecule has 2 N–H and O–H groups in total. The average molecular weight is 351 g/mol. The van der Waals surface area contributed by atoms with Crippen molar-refractivity contribution in [3.63, 3.8) is 0 Å². The molecular weight excluding hydrogens is 334 g/mol. The number of carboxylic acids is 1. The highest BCUT2D eigenvalue weighted by Gasteiger charge is 2.21. The van der Waals surface area contributed by atoms with E-state index >= 15 is 0 Å². The van der Waals surface area contributed by atoms with E-state index in [1.165, 1.54) is 7.11 Å². The van der Waals surface area contributed by atoms with E-state index in [1.54, 1.807) is 13.0 Å². The molecule has 0 aliphatic rings. The molecule has 0 aliphatic heterocycles. The summed E-state index contributed by atoms with van der Waals surface area (Å²) in [6.45, 7) is 3.58. The van der Waals surface area contributed by atoms with Crippen LogP contribution in [0.3, 0.4) is 0 Å². The topological polar surface area (TPSA) is 101 Å². The van der Waals surface area contributed by atoms with Crippen molar-refractivity contribution < 1.29 is 19.4 Å². The van der Waals surface area contributed by atoms with E-state index in [-0.39, 0.29) is 17.4 Å². The Morgan fingerprint density at radius 2 is 1.73 bits per heavy atom. The van der Waals surface area contributed by atoms with E-state index < -0.39 is 11.9 Å². The second kappa shape index (κ2) is 6.79. The Morgan fingerprint density at radius 3 is 2.38 bits per heavy atom. The van der Waals surface area contributed by atoms with Crippen LogP contribution < -0.4 is 10.1 Å². The largest absolute Gasteiger partial charge is 0.480 e. The van der Waals surface area contributed by atoms with Crippen LogP contribution in [0, 0.1) is 13.8 Å². The number of benzene rings is 2. The Labute approximate surface area is 149 Å². The zero-order valence-corrected chi connectivity index (χ0v) is 14.5. The lowest BCUT2D eigenvalue weighted by Crippen LogP contribution is -2.18. The highest BCUT2D eigenvalue weighted by Crippen LogP contribution is 2.24. The van der Waals surface area contributed by atoms with Crippen molar-refractivity contribution in [3.8, 4) is 5.88 Å². The van der Waals surface area contributed by atoms with E-state index in [0.717, 1.165) is 16.3 Å². The molecule has 2 aromatic carbocycles. The SMILES string of the molecule is COc1nc(C(=O)O)c(NC(=O)c2ccc(C)c3ccccc23)nc1C. The van der Waals surface area contributed by atoms with Crippen LogP contribution in [0.25, 0.3) is 10.8 Å². The van der Waals surface area contributed by atoms with Crippen molar-refractivity contribution in [1.82, 2.24) is 9.97 Å². The van der Waals surface area contributed by atoms with Crippen molar-refractivity contribution >= 4 is 28.5 Å². The van der Waals surface area contributed by atoms with Gasteiger partial charge in [-0.25, -0.2) is 14.8 Å². The number of fused-ring (bicyclic) bond motifs is 1. The van der Waals surface area contributed by atoms with Crippen molar-refractivity contribution in [2.45, 2.75) is 13.8 Å². The van der Waals surface area contributed by atoms with Gasteiger partial charge in [0.1, 0.15) is 5.69 Å². The van der Waals surface area contributed by atoms with Gasteiger partial charge in [-0.1, -0.05) is 30.3 Å². The third-order valence-corrected chi connectivity index (χ3v) is 4.04. The van der Waals surface area contributed by atoms with Crippen LogP contribution in [0.2, 0.25) is 0 Å². The molecule has 3 aromatic rings. The van der Waals surface area contributed by atoms with Gasteiger partial charge in [0, 0.05) is 5.56 Å². The van der Waals surface area contributed by atoms with Crippen molar-refractivity contribution in [1.29, 1.82) is 0 Å². The second-order valence-electron chi connectivity index (χ2n) is 5.75. The van der Waals surface area contributed by atoms with Gasteiger partial charge in [-0.15, -0.1) is 0 Å². The number of aromatic nitrogens is 2. The maximum Gasteiger partial charge on any atom is 0.358 e. The minimum atomic E-state index is -1.31. The quantitative estimate of drug-likeness (QED) is 0.748. The molecule has 1 heterocycles. The van der Waals surface area contributed by atoms with Gasteiger partial charge in [-0.05, 0) is 36.2 Å². The van der Waals surface area contributed by atoms with Crippen LogP contribution in [-0.2, 0) is 0 Å². The van der Waals surface area contributed by atoms with Gasteiger partial charge in [-0.3, -0.25) is 4.79 Å². The lowest BCUT2D eigenvalue weighted by Gasteiger charge is -2.12. The van der Waals surface area contributed by atoms with Crippen molar-refractivity contribution in [2.75, 3.05) is 12.4 Å². The number of nitrogens with one attached hydrogen (secondary N) is 1. The summed E-state index contributed by atoms with van der Waals surface area (Å²) in [7, 11) is 1.37. The molecule has 0 bridgehead atoms. The standard InChI is InChI=1S/C19H17N3O4/c1-10-8-9-14(13-7-5-4-6-12(10)13)17(23)22-16-15(19(24)25)21-18(26-3)11(2)20-16/h4-9H,1-3H3,(H,24,25)(H,20,22,23). The first kappa shape index (κ1) is 17.3. The molecule has 0 unspecified atom stereocenters. The average Bonchev–Trinajstić information content (AvgIpc) is 2.62. The molecule has 0 fully saturated rings. The van der Waals surface area contributed by atoms with Crippen LogP contribution in [-0.4, -0.2) is 34.1 Å². The van der Waals surface area contributed by atoms with Crippen LogP contribution in [0.4, 0.5) is 5.82 Å². The first-order valence-electron chi connectivity index (χ1n) is 7.88. The normalized spacial score (nSPS) is 10.6. The zero-order valence-electron chi connectivity index (χ0n) is 14.5. The number of anilines is 1.